The highest BCUT2D eigenvalue weighted by atomic mass is 32.2. The topological polar surface area (TPSA) is 69.6 Å². The zero-order valence-electron chi connectivity index (χ0n) is 18.2. The van der Waals surface area contributed by atoms with Gasteiger partial charge in [-0.1, -0.05) is 71.0 Å². The summed E-state index contributed by atoms with van der Waals surface area (Å²) in [5.41, 5.74) is 3.42. The number of thiophene rings is 1. The summed E-state index contributed by atoms with van der Waals surface area (Å²) in [7, 11) is 0. The second-order valence-corrected chi connectivity index (χ2v) is 9.69. The first-order chi connectivity index (χ1) is 16.2. The first kappa shape index (κ1) is 21.6. The van der Waals surface area contributed by atoms with Gasteiger partial charge in [-0.25, -0.2) is 0 Å². The second-order valence-electron chi connectivity index (χ2n) is 7.71. The Balaban J connectivity index is 1.31. The molecule has 0 amide bonds. The van der Waals surface area contributed by atoms with Crippen LogP contribution in [0, 0.1) is 6.92 Å². The van der Waals surface area contributed by atoms with Crippen LogP contribution in [0.4, 0.5) is 0 Å². The third-order valence-electron chi connectivity index (χ3n) is 5.27. The molecule has 0 radical (unpaired) electrons. The van der Waals surface area contributed by atoms with Crippen molar-refractivity contribution in [1.29, 1.82) is 0 Å². The quantitative estimate of drug-likeness (QED) is 0.251. The van der Waals surface area contributed by atoms with Crippen molar-refractivity contribution < 1.29 is 4.52 Å². The fraction of sp³-hybridized carbons (Fsp3) is 0.200. The van der Waals surface area contributed by atoms with Gasteiger partial charge < -0.3 is 9.09 Å². The molecule has 0 atom stereocenters. The van der Waals surface area contributed by atoms with Crippen LogP contribution in [0.25, 0.3) is 11.5 Å². The minimum Gasteiger partial charge on any atom is -0.334 e. The average Bonchev–Trinajstić information content (AvgIpc) is 3.60. The van der Waals surface area contributed by atoms with Crippen molar-refractivity contribution in [2.24, 2.45) is 0 Å². The predicted molar refractivity (Wildman–Crippen MR) is 131 cm³/mol. The summed E-state index contributed by atoms with van der Waals surface area (Å²) in [6.07, 6.45) is 1.70. The van der Waals surface area contributed by atoms with E-state index in [1.807, 2.05) is 30.3 Å². The lowest BCUT2D eigenvalue weighted by Crippen LogP contribution is -2.08. The van der Waals surface area contributed by atoms with Crippen LogP contribution in [0.15, 0.2) is 81.8 Å². The Morgan fingerprint density at radius 3 is 2.61 bits per heavy atom. The highest BCUT2D eigenvalue weighted by Crippen LogP contribution is 2.25. The van der Waals surface area contributed by atoms with E-state index in [2.05, 4.69) is 73.6 Å². The lowest BCUT2D eigenvalue weighted by atomic mass is 10.1. The molecule has 3 aromatic heterocycles. The average molecular weight is 474 g/mol. The van der Waals surface area contributed by atoms with Crippen molar-refractivity contribution in [2.75, 3.05) is 0 Å². The van der Waals surface area contributed by atoms with Crippen molar-refractivity contribution in [2.45, 2.75) is 37.2 Å². The number of rotatable bonds is 9. The van der Waals surface area contributed by atoms with Gasteiger partial charge in [0.15, 0.2) is 11.0 Å². The third-order valence-corrected chi connectivity index (χ3v) is 7.11. The van der Waals surface area contributed by atoms with Crippen LogP contribution in [0.1, 0.15) is 27.7 Å². The number of hydrogen-bond donors (Lipinski definition) is 0. The van der Waals surface area contributed by atoms with Gasteiger partial charge in [-0.05, 0) is 42.5 Å². The minimum atomic E-state index is 0.537. The lowest BCUT2D eigenvalue weighted by molar-refractivity contribution is 0.425. The van der Waals surface area contributed by atoms with Crippen molar-refractivity contribution >= 4 is 23.1 Å². The monoisotopic (exact) mass is 473 g/mol. The van der Waals surface area contributed by atoms with Crippen LogP contribution < -0.4 is 0 Å². The molecule has 0 saturated heterocycles. The van der Waals surface area contributed by atoms with Gasteiger partial charge in [0, 0.05) is 23.4 Å². The molecule has 0 fully saturated rings. The maximum absolute atomic E-state index is 5.47. The van der Waals surface area contributed by atoms with Crippen LogP contribution in [0.3, 0.4) is 0 Å². The smallest absolute Gasteiger partial charge is 0.257 e. The largest absolute Gasteiger partial charge is 0.334 e. The number of benzene rings is 2. The van der Waals surface area contributed by atoms with Gasteiger partial charge in [0.1, 0.15) is 5.82 Å². The van der Waals surface area contributed by atoms with Crippen molar-refractivity contribution in [3.05, 3.63) is 99.8 Å². The molecule has 5 aromatic rings. The SMILES string of the molecule is Cc1ccc(-c2nc(CSc3nnc(Cc4cccs4)n3CCc3ccccc3)no2)cc1. The Morgan fingerprint density at radius 1 is 0.970 bits per heavy atom. The Labute approximate surface area is 200 Å². The van der Waals surface area contributed by atoms with E-state index in [1.54, 1.807) is 23.1 Å². The lowest BCUT2D eigenvalue weighted by Gasteiger charge is -2.09. The van der Waals surface area contributed by atoms with Gasteiger partial charge in [-0.2, -0.15) is 4.98 Å². The number of aromatic nitrogens is 5. The van der Waals surface area contributed by atoms with Crippen molar-refractivity contribution in [1.82, 2.24) is 24.9 Å². The molecule has 5 rings (SSSR count). The molecule has 6 nitrogen and oxygen atoms in total. The summed E-state index contributed by atoms with van der Waals surface area (Å²) in [6, 6.07) is 22.8. The maximum atomic E-state index is 5.47. The number of aryl methyl sites for hydroxylation is 2. The highest BCUT2D eigenvalue weighted by molar-refractivity contribution is 7.98. The zero-order chi connectivity index (χ0) is 22.5. The molecule has 0 aliphatic rings. The molecule has 0 bridgehead atoms. The van der Waals surface area contributed by atoms with Gasteiger partial charge >= 0.3 is 0 Å². The summed E-state index contributed by atoms with van der Waals surface area (Å²) in [6.45, 7) is 2.88. The van der Waals surface area contributed by atoms with E-state index in [-0.39, 0.29) is 0 Å². The Bertz CT molecular complexity index is 1290. The minimum absolute atomic E-state index is 0.537. The van der Waals surface area contributed by atoms with Gasteiger partial charge in [0.25, 0.3) is 5.89 Å². The van der Waals surface area contributed by atoms with E-state index in [0.717, 1.165) is 35.9 Å². The van der Waals surface area contributed by atoms with E-state index in [1.165, 1.54) is 16.0 Å². The van der Waals surface area contributed by atoms with E-state index < -0.39 is 0 Å². The van der Waals surface area contributed by atoms with Gasteiger partial charge in [-0.3, -0.25) is 0 Å². The van der Waals surface area contributed by atoms with Crippen molar-refractivity contribution in [3.63, 3.8) is 0 Å². The molecule has 166 valence electrons. The predicted octanol–water partition coefficient (Wildman–Crippen LogP) is 5.82. The van der Waals surface area contributed by atoms with Crippen LogP contribution >= 0.6 is 23.1 Å². The molecular weight excluding hydrogens is 450 g/mol. The van der Waals surface area contributed by atoms with E-state index in [4.69, 9.17) is 4.52 Å². The van der Waals surface area contributed by atoms with E-state index >= 15 is 0 Å². The van der Waals surface area contributed by atoms with Gasteiger partial charge in [-0.15, -0.1) is 21.5 Å². The first-order valence-electron chi connectivity index (χ1n) is 10.8. The van der Waals surface area contributed by atoms with Crippen LogP contribution in [-0.4, -0.2) is 24.9 Å². The summed E-state index contributed by atoms with van der Waals surface area (Å²) in [5, 5.41) is 16.1. The van der Waals surface area contributed by atoms with Gasteiger partial charge in [0.2, 0.25) is 0 Å². The molecule has 0 N–H and O–H groups in total. The fourth-order valence-electron chi connectivity index (χ4n) is 3.49. The maximum Gasteiger partial charge on any atom is 0.257 e. The molecule has 0 saturated carbocycles. The number of nitrogens with zero attached hydrogens (tertiary/aromatic N) is 5. The first-order valence-corrected chi connectivity index (χ1v) is 12.6. The normalized spacial score (nSPS) is 11.2. The van der Waals surface area contributed by atoms with Crippen LogP contribution in [0.2, 0.25) is 0 Å². The second kappa shape index (κ2) is 10.1. The molecule has 0 aliphatic carbocycles. The third kappa shape index (κ3) is 5.40. The fourth-order valence-corrected chi connectivity index (χ4v) is 5.02. The Morgan fingerprint density at radius 2 is 1.82 bits per heavy atom. The van der Waals surface area contributed by atoms with Crippen molar-refractivity contribution in [3.8, 4) is 11.5 Å². The standard InChI is InChI=1S/C25H23N5OS2/c1-18-9-11-20(12-10-18)24-26-22(29-31-24)17-33-25-28-27-23(16-21-8-5-15-32-21)30(25)14-13-19-6-3-2-4-7-19/h2-12,15H,13-14,16-17H2,1H3. The van der Waals surface area contributed by atoms with E-state index in [0.29, 0.717) is 17.5 Å². The molecule has 0 unspecified atom stereocenters. The highest BCUT2D eigenvalue weighted by Gasteiger charge is 2.16. The van der Waals surface area contributed by atoms with Gasteiger partial charge in [0.05, 0.1) is 5.75 Å². The molecule has 2 aromatic carbocycles. The summed E-state index contributed by atoms with van der Waals surface area (Å²) in [4.78, 5) is 5.84. The molecule has 0 spiro atoms. The number of thioether (sulfide) groups is 1. The van der Waals surface area contributed by atoms with E-state index in [9.17, 15) is 0 Å². The summed E-state index contributed by atoms with van der Waals surface area (Å²) < 4.78 is 7.69. The molecule has 8 heteroatoms. The molecule has 0 aliphatic heterocycles. The Kier molecular flexibility index (Phi) is 6.64. The molecule has 3 heterocycles. The molecule has 33 heavy (non-hydrogen) atoms. The molecular formula is C25H23N5OS2. The van der Waals surface area contributed by atoms with Crippen LogP contribution in [0.5, 0.6) is 0 Å². The Hall–Kier alpha value is -3.23. The van der Waals surface area contributed by atoms with Crippen LogP contribution in [-0.2, 0) is 25.1 Å². The summed E-state index contributed by atoms with van der Waals surface area (Å²) in [5.74, 6) is 2.73. The summed E-state index contributed by atoms with van der Waals surface area (Å²) >= 11 is 3.33. The number of hydrogen-bond acceptors (Lipinski definition) is 7. The zero-order valence-corrected chi connectivity index (χ0v) is 19.9.